The third-order valence-corrected chi connectivity index (χ3v) is 2.90. The molecule has 1 aromatic heterocycles. The highest BCUT2D eigenvalue weighted by Crippen LogP contribution is 2.27. The fraction of sp³-hybridized carbons (Fsp3) is 0.0909. The van der Waals surface area contributed by atoms with Crippen LogP contribution in [0.5, 0.6) is 0 Å². The van der Waals surface area contributed by atoms with E-state index in [2.05, 4.69) is 9.97 Å². The summed E-state index contributed by atoms with van der Waals surface area (Å²) in [6.45, 7) is 1.84. The highest BCUT2D eigenvalue weighted by molar-refractivity contribution is 7.99. The lowest BCUT2D eigenvalue weighted by atomic mass is 10.4. The van der Waals surface area contributed by atoms with Crippen LogP contribution in [0.25, 0.3) is 0 Å². The molecule has 16 heavy (non-hydrogen) atoms. The Bertz CT molecular complexity index is 499. The number of benzene rings is 1. The second-order valence-electron chi connectivity index (χ2n) is 3.18. The molecule has 0 aliphatic heterocycles. The summed E-state index contributed by atoms with van der Waals surface area (Å²) in [5, 5.41) is 0.919. The van der Waals surface area contributed by atoms with Crippen molar-refractivity contribution in [2.24, 2.45) is 0 Å². The highest BCUT2D eigenvalue weighted by atomic mass is 35.5. The van der Waals surface area contributed by atoms with Crippen molar-refractivity contribution < 1.29 is 4.39 Å². The van der Waals surface area contributed by atoms with Crippen LogP contribution in [0, 0.1) is 12.7 Å². The Hall–Kier alpha value is -1.13. The van der Waals surface area contributed by atoms with Gasteiger partial charge in [0, 0.05) is 10.6 Å². The fourth-order valence-electron chi connectivity index (χ4n) is 1.21. The van der Waals surface area contributed by atoms with Crippen LogP contribution in [-0.2, 0) is 0 Å². The number of aromatic nitrogens is 2. The predicted molar refractivity (Wildman–Crippen MR) is 62.3 cm³/mol. The molecule has 0 N–H and O–H groups in total. The molecule has 0 saturated heterocycles. The van der Waals surface area contributed by atoms with Crippen LogP contribution in [0.2, 0.25) is 5.28 Å². The van der Waals surface area contributed by atoms with Crippen LogP contribution < -0.4 is 0 Å². The highest BCUT2D eigenvalue weighted by Gasteiger charge is 2.03. The summed E-state index contributed by atoms with van der Waals surface area (Å²) in [6, 6.07) is 8.14. The number of nitrogens with zero attached hydrogens (tertiary/aromatic N) is 2. The largest absolute Gasteiger partial charge is 0.223 e. The van der Waals surface area contributed by atoms with E-state index in [0.717, 1.165) is 10.6 Å². The van der Waals surface area contributed by atoms with E-state index in [4.69, 9.17) is 11.6 Å². The molecule has 0 aliphatic carbocycles. The van der Waals surface area contributed by atoms with E-state index >= 15 is 0 Å². The van der Waals surface area contributed by atoms with Crippen LogP contribution in [0.4, 0.5) is 4.39 Å². The number of hydrogen-bond acceptors (Lipinski definition) is 3. The lowest BCUT2D eigenvalue weighted by Crippen LogP contribution is -1.88. The van der Waals surface area contributed by atoms with E-state index in [9.17, 15) is 4.39 Å². The lowest BCUT2D eigenvalue weighted by molar-refractivity contribution is 0.624. The SMILES string of the molecule is Cc1cc(Sc2cccc(F)c2)nc(Cl)n1. The molecule has 5 heteroatoms. The maximum Gasteiger partial charge on any atom is 0.223 e. The van der Waals surface area contributed by atoms with Crippen molar-refractivity contribution in [1.29, 1.82) is 0 Å². The Kier molecular flexibility index (Phi) is 3.41. The molecule has 0 amide bonds. The lowest BCUT2D eigenvalue weighted by Gasteiger charge is -2.02. The molecule has 0 atom stereocenters. The van der Waals surface area contributed by atoms with E-state index in [-0.39, 0.29) is 11.1 Å². The van der Waals surface area contributed by atoms with Crippen molar-refractivity contribution >= 4 is 23.4 Å². The number of hydrogen-bond donors (Lipinski definition) is 0. The summed E-state index contributed by atoms with van der Waals surface area (Å²) < 4.78 is 13.0. The van der Waals surface area contributed by atoms with Gasteiger partial charge < -0.3 is 0 Å². The van der Waals surface area contributed by atoms with E-state index in [1.807, 2.05) is 13.0 Å². The Morgan fingerprint density at radius 3 is 2.75 bits per heavy atom. The minimum absolute atomic E-state index is 0.207. The Labute approximate surface area is 102 Å². The zero-order valence-corrected chi connectivity index (χ0v) is 10.0. The van der Waals surface area contributed by atoms with Crippen molar-refractivity contribution in [2.75, 3.05) is 0 Å². The normalized spacial score (nSPS) is 10.4. The van der Waals surface area contributed by atoms with Gasteiger partial charge in [-0.25, -0.2) is 14.4 Å². The van der Waals surface area contributed by atoms with Crippen molar-refractivity contribution in [3.63, 3.8) is 0 Å². The van der Waals surface area contributed by atoms with Crippen molar-refractivity contribution in [3.05, 3.63) is 47.1 Å². The van der Waals surface area contributed by atoms with Gasteiger partial charge in [0.15, 0.2) is 0 Å². The Morgan fingerprint density at radius 1 is 1.25 bits per heavy atom. The first-order chi connectivity index (χ1) is 7.63. The van der Waals surface area contributed by atoms with E-state index < -0.39 is 0 Å². The van der Waals surface area contributed by atoms with Crippen molar-refractivity contribution in [3.8, 4) is 0 Å². The number of aryl methyl sites for hydroxylation is 1. The van der Waals surface area contributed by atoms with Crippen molar-refractivity contribution in [1.82, 2.24) is 9.97 Å². The molecule has 0 spiro atoms. The van der Waals surface area contributed by atoms with Gasteiger partial charge in [-0.2, -0.15) is 0 Å². The van der Waals surface area contributed by atoms with Gasteiger partial charge in [-0.15, -0.1) is 0 Å². The quantitative estimate of drug-likeness (QED) is 0.603. The molecule has 0 bridgehead atoms. The molecule has 2 rings (SSSR count). The third kappa shape index (κ3) is 2.93. The predicted octanol–water partition coefficient (Wildman–Crippen LogP) is 3.73. The monoisotopic (exact) mass is 254 g/mol. The molecule has 0 saturated carbocycles. The fourth-order valence-corrected chi connectivity index (χ4v) is 2.40. The summed E-state index contributed by atoms with van der Waals surface area (Å²) in [7, 11) is 0. The summed E-state index contributed by atoms with van der Waals surface area (Å²) in [5.74, 6) is -0.262. The smallest absolute Gasteiger partial charge is 0.223 e. The van der Waals surface area contributed by atoms with E-state index in [1.165, 1.54) is 23.9 Å². The maximum atomic E-state index is 13.0. The van der Waals surface area contributed by atoms with Gasteiger partial charge in [0.1, 0.15) is 10.8 Å². The molecular weight excluding hydrogens is 247 g/mol. The van der Waals surface area contributed by atoms with Gasteiger partial charge in [-0.1, -0.05) is 17.8 Å². The molecule has 1 aromatic carbocycles. The zero-order valence-electron chi connectivity index (χ0n) is 8.45. The third-order valence-electron chi connectivity index (χ3n) is 1.82. The summed E-state index contributed by atoms with van der Waals surface area (Å²) in [4.78, 5) is 8.80. The van der Waals surface area contributed by atoms with Crippen LogP contribution in [-0.4, -0.2) is 9.97 Å². The maximum absolute atomic E-state index is 13.0. The average molecular weight is 255 g/mol. The molecule has 0 fully saturated rings. The standard InChI is InChI=1S/C11H8ClFN2S/c1-7-5-10(15-11(12)14-7)16-9-4-2-3-8(13)6-9/h2-6H,1H3. The van der Waals surface area contributed by atoms with Crippen LogP contribution >= 0.6 is 23.4 Å². The second-order valence-corrected chi connectivity index (χ2v) is 4.61. The Morgan fingerprint density at radius 2 is 2.06 bits per heavy atom. The van der Waals surface area contributed by atoms with Crippen LogP contribution in [0.1, 0.15) is 5.69 Å². The molecule has 1 heterocycles. The van der Waals surface area contributed by atoms with E-state index in [1.54, 1.807) is 12.1 Å². The summed E-state index contributed by atoms with van der Waals surface area (Å²) >= 11 is 7.09. The van der Waals surface area contributed by atoms with Gasteiger partial charge in [-0.05, 0) is 42.8 Å². The molecule has 82 valence electrons. The molecule has 0 unspecified atom stereocenters. The summed E-state index contributed by atoms with van der Waals surface area (Å²) in [6.07, 6.45) is 0. The van der Waals surface area contributed by atoms with Gasteiger partial charge >= 0.3 is 0 Å². The summed E-state index contributed by atoms with van der Waals surface area (Å²) in [5.41, 5.74) is 0.791. The molecular formula is C11H8ClFN2S. The Balaban J connectivity index is 2.27. The minimum Gasteiger partial charge on any atom is -0.223 e. The second kappa shape index (κ2) is 4.80. The first-order valence-corrected chi connectivity index (χ1v) is 5.77. The number of halogens is 2. The minimum atomic E-state index is -0.262. The van der Waals surface area contributed by atoms with E-state index in [0.29, 0.717) is 5.03 Å². The first-order valence-electron chi connectivity index (χ1n) is 4.58. The molecule has 0 aliphatic rings. The molecule has 2 aromatic rings. The van der Waals surface area contributed by atoms with Crippen molar-refractivity contribution in [2.45, 2.75) is 16.8 Å². The van der Waals surface area contributed by atoms with Crippen LogP contribution in [0.3, 0.4) is 0 Å². The van der Waals surface area contributed by atoms with Gasteiger partial charge in [0.05, 0.1) is 0 Å². The molecule has 2 nitrogen and oxygen atoms in total. The first kappa shape index (κ1) is 11.4. The van der Waals surface area contributed by atoms with Crippen LogP contribution in [0.15, 0.2) is 40.3 Å². The number of rotatable bonds is 2. The van der Waals surface area contributed by atoms with Gasteiger partial charge in [0.25, 0.3) is 0 Å². The zero-order chi connectivity index (χ0) is 11.5. The van der Waals surface area contributed by atoms with Gasteiger partial charge in [0.2, 0.25) is 5.28 Å². The topological polar surface area (TPSA) is 25.8 Å². The molecule has 0 radical (unpaired) electrons. The average Bonchev–Trinajstić information content (AvgIpc) is 2.15. The van der Waals surface area contributed by atoms with Gasteiger partial charge in [-0.3, -0.25) is 0 Å².